The number of anilines is 2. The molecular weight excluding hydrogens is 412 g/mol. The molecule has 3 aromatic rings. The summed E-state index contributed by atoms with van der Waals surface area (Å²) in [6.07, 6.45) is 10.9. The highest BCUT2D eigenvalue weighted by Crippen LogP contribution is 2.42. The maximum Gasteiger partial charge on any atom is 0.214 e. The van der Waals surface area contributed by atoms with Gasteiger partial charge in [0.25, 0.3) is 0 Å². The van der Waals surface area contributed by atoms with Crippen molar-refractivity contribution in [2.24, 2.45) is 10.7 Å². The van der Waals surface area contributed by atoms with E-state index in [0.29, 0.717) is 17.8 Å². The number of fused-ring (bicyclic) bond motifs is 1. The number of nitrogens with one attached hydrogen (secondary N) is 1. The minimum atomic E-state index is 0.360. The number of methoxy groups -OCH3 is 1. The smallest absolute Gasteiger partial charge is 0.214 e. The van der Waals surface area contributed by atoms with Gasteiger partial charge < -0.3 is 20.2 Å². The molecule has 176 valence electrons. The van der Waals surface area contributed by atoms with Gasteiger partial charge in [0, 0.05) is 17.8 Å². The molecule has 2 aromatic carbocycles. The lowest BCUT2D eigenvalue weighted by molar-refractivity contribution is 0.414. The Balaban J connectivity index is 0.000000459. The summed E-state index contributed by atoms with van der Waals surface area (Å²) in [6, 6.07) is 14.4. The van der Waals surface area contributed by atoms with Crippen molar-refractivity contribution < 1.29 is 9.15 Å². The number of aliphatic imine (C=N–C) groups is 1. The molecule has 0 spiro atoms. The van der Waals surface area contributed by atoms with Crippen LogP contribution in [0.2, 0.25) is 0 Å². The predicted molar refractivity (Wildman–Crippen MR) is 137 cm³/mol. The third-order valence-corrected chi connectivity index (χ3v) is 6.63. The van der Waals surface area contributed by atoms with Crippen molar-refractivity contribution in [3.8, 4) is 5.75 Å². The van der Waals surface area contributed by atoms with Gasteiger partial charge in [0.1, 0.15) is 12.0 Å². The van der Waals surface area contributed by atoms with Crippen LogP contribution >= 0.6 is 0 Å². The fraction of sp³-hybridized carbons (Fsp3) is 0.444. The maximum atomic E-state index is 6.34. The summed E-state index contributed by atoms with van der Waals surface area (Å²) >= 11 is 0. The molecule has 2 aliphatic rings. The molecule has 0 amide bonds. The molecule has 0 atom stereocenters. The zero-order valence-corrected chi connectivity index (χ0v) is 19.8. The van der Waals surface area contributed by atoms with Gasteiger partial charge in [-0.3, -0.25) is 4.99 Å². The number of rotatable bonds is 4. The van der Waals surface area contributed by atoms with Gasteiger partial charge in [-0.2, -0.15) is 0 Å². The van der Waals surface area contributed by atoms with Gasteiger partial charge in [-0.25, -0.2) is 4.90 Å². The van der Waals surface area contributed by atoms with E-state index in [0.717, 1.165) is 22.2 Å². The first-order valence-corrected chi connectivity index (χ1v) is 12.1. The summed E-state index contributed by atoms with van der Waals surface area (Å²) in [5, 5.41) is 5.23. The number of guanidine groups is 1. The van der Waals surface area contributed by atoms with E-state index in [1.165, 1.54) is 63.6 Å². The van der Waals surface area contributed by atoms with Crippen LogP contribution in [-0.4, -0.2) is 33.2 Å². The van der Waals surface area contributed by atoms with E-state index in [1.54, 1.807) is 20.4 Å². The first kappa shape index (κ1) is 23.2. The summed E-state index contributed by atoms with van der Waals surface area (Å²) in [7, 11) is 3.36. The van der Waals surface area contributed by atoms with Gasteiger partial charge in [-0.15, -0.1) is 0 Å². The lowest BCUT2D eigenvalue weighted by Crippen LogP contribution is -2.33. The van der Waals surface area contributed by atoms with Crippen molar-refractivity contribution in [3.63, 3.8) is 0 Å². The molecule has 33 heavy (non-hydrogen) atoms. The summed E-state index contributed by atoms with van der Waals surface area (Å²) in [5.41, 5.74) is 8.52. The van der Waals surface area contributed by atoms with Gasteiger partial charge in [0.15, 0.2) is 0 Å². The number of furan rings is 1. The minimum Gasteiger partial charge on any atom is -0.495 e. The van der Waals surface area contributed by atoms with Crippen LogP contribution in [0.25, 0.3) is 10.8 Å². The average Bonchev–Trinajstić information content (AvgIpc) is 3.59. The molecule has 2 fully saturated rings. The van der Waals surface area contributed by atoms with E-state index in [-0.39, 0.29) is 0 Å². The van der Waals surface area contributed by atoms with Crippen LogP contribution in [0.3, 0.4) is 0 Å². The SMILES string of the molecule is C1CCNC1.CN=C(N)N(c1cc(C2CCCCC2)ccc1OC)c1occ2ccccc12. The molecule has 6 nitrogen and oxygen atoms in total. The topological polar surface area (TPSA) is 76.0 Å². The normalized spacial score (nSPS) is 17.0. The van der Waals surface area contributed by atoms with Crippen molar-refractivity contribution in [3.05, 3.63) is 54.3 Å². The molecule has 0 unspecified atom stereocenters. The fourth-order valence-corrected chi connectivity index (χ4v) is 4.78. The van der Waals surface area contributed by atoms with E-state index in [4.69, 9.17) is 14.9 Å². The van der Waals surface area contributed by atoms with Gasteiger partial charge in [0.05, 0.1) is 12.8 Å². The van der Waals surface area contributed by atoms with Gasteiger partial charge in [-0.1, -0.05) is 43.5 Å². The number of hydrogen-bond donors (Lipinski definition) is 2. The molecule has 6 heteroatoms. The molecule has 2 heterocycles. The lowest BCUT2D eigenvalue weighted by atomic mass is 9.84. The quantitative estimate of drug-likeness (QED) is 0.381. The third-order valence-electron chi connectivity index (χ3n) is 6.63. The van der Waals surface area contributed by atoms with Gasteiger partial charge >= 0.3 is 0 Å². The summed E-state index contributed by atoms with van der Waals surface area (Å²) in [5.74, 6) is 2.33. The Morgan fingerprint density at radius 1 is 1.06 bits per heavy atom. The first-order valence-electron chi connectivity index (χ1n) is 12.1. The Bertz CT molecular complexity index is 1060. The van der Waals surface area contributed by atoms with E-state index >= 15 is 0 Å². The zero-order valence-electron chi connectivity index (χ0n) is 19.8. The highest BCUT2D eigenvalue weighted by molar-refractivity contribution is 6.08. The summed E-state index contributed by atoms with van der Waals surface area (Å²) in [6.45, 7) is 2.50. The van der Waals surface area contributed by atoms with Crippen LogP contribution in [-0.2, 0) is 0 Å². The van der Waals surface area contributed by atoms with Crippen molar-refractivity contribution in [2.75, 3.05) is 32.1 Å². The molecule has 1 aromatic heterocycles. The largest absolute Gasteiger partial charge is 0.495 e. The fourth-order valence-electron chi connectivity index (χ4n) is 4.78. The number of ether oxygens (including phenoxy) is 1. The lowest BCUT2D eigenvalue weighted by Gasteiger charge is -2.27. The maximum absolute atomic E-state index is 6.34. The zero-order chi connectivity index (χ0) is 23.0. The predicted octanol–water partition coefficient (Wildman–Crippen LogP) is 5.94. The second kappa shape index (κ2) is 11.2. The van der Waals surface area contributed by atoms with Crippen molar-refractivity contribution in [1.29, 1.82) is 0 Å². The molecule has 5 rings (SSSR count). The van der Waals surface area contributed by atoms with Crippen LogP contribution in [0.15, 0.2) is 58.1 Å². The summed E-state index contributed by atoms with van der Waals surface area (Å²) in [4.78, 5) is 6.11. The standard InChI is InChI=1S/C23H27N3O2.C4H9N/c1-25-23(24)26(22-19-11-7-6-10-18(19)15-28-22)20-14-17(12-13-21(20)27-2)16-8-4-3-5-9-16;1-2-4-5-3-1/h6-7,10-16H,3-5,8-9H2,1-2H3,(H2,24,25);5H,1-4H2. The molecule has 0 bridgehead atoms. The highest BCUT2D eigenvalue weighted by atomic mass is 16.5. The number of nitrogens with zero attached hydrogens (tertiary/aromatic N) is 2. The molecule has 1 aliphatic heterocycles. The van der Waals surface area contributed by atoms with Gasteiger partial charge in [-0.05, 0) is 68.5 Å². The number of nitrogens with two attached hydrogens (primary N) is 1. The van der Waals surface area contributed by atoms with Crippen LogP contribution in [0.1, 0.15) is 56.4 Å². The van der Waals surface area contributed by atoms with E-state index in [9.17, 15) is 0 Å². The van der Waals surface area contributed by atoms with Crippen LogP contribution in [0, 0.1) is 0 Å². The van der Waals surface area contributed by atoms with Crippen molar-refractivity contribution in [1.82, 2.24) is 5.32 Å². The van der Waals surface area contributed by atoms with E-state index in [2.05, 4.69) is 22.4 Å². The molecular formula is C27H36N4O2. The monoisotopic (exact) mass is 448 g/mol. The molecule has 1 saturated heterocycles. The Labute approximate surface area is 196 Å². The second-order valence-corrected chi connectivity index (χ2v) is 8.77. The molecule has 0 radical (unpaired) electrons. The van der Waals surface area contributed by atoms with Crippen molar-refractivity contribution >= 4 is 28.3 Å². The second-order valence-electron chi connectivity index (χ2n) is 8.77. The Morgan fingerprint density at radius 3 is 2.48 bits per heavy atom. The van der Waals surface area contributed by atoms with Crippen LogP contribution < -0.4 is 20.7 Å². The Kier molecular flexibility index (Phi) is 7.89. The van der Waals surface area contributed by atoms with Crippen LogP contribution in [0.4, 0.5) is 11.6 Å². The minimum absolute atomic E-state index is 0.360. The Morgan fingerprint density at radius 2 is 1.82 bits per heavy atom. The van der Waals surface area contributed by atoms with Gasteiger partial charge in [0.2, 0.25) is 11.8 Å². The number of benzene rings is 2. The third kappa shape index (κ3) is 5.33. The molecule has 1 aliphatic carbocycles. The van der Waals surface area contributed by atoms with Crippen molar-refractivity contribution in [2.45, 2.75) is 50.9 Å². The molecule has 1 saturated carbocycles. The first-order chi connectivity index (χ1) is 16.2. The molecule has 3 N–H and O–H groups in total. The van der Waals surface area contributed by atoms with E-state index < -0.39 is 0 Å². The Hall–Kier alpha value is -2.99. The summed E-state index contributed by atoms with van der Waals surface area (Å²) < 4.78 is 11.6. The van der Waals surface area contributed by atoms with Crippen LogP contribution in [0.5, 0.6) is 5.75 Å². The van der Waals surface area contributed by atoms with E-state index in [1.807, 2.05) is 35.2 Å². The number of hydrogen-bond acceptors (Lipinski definition) is 4. The average molecular weight is 449 g/mol. The highest BCUT2D eigenvalue weighted by Gasteiger charge is 2.25.